The maximum absolute atomic E-state index is 13.1. The van der Waals surface area contributed by atoms with E-state index in [4.69, 9.17) is 0 Å². The minimum atomic E-state index is -0.226. The van der Waals surface area contributed by atoms with Crippen molar-refractivity contribution in [3.8, 4) is 17.1 Å². The van der Waals surface area contributed by atoms with Gasteiger partial charge in [0.2, 0.25) is 0 Å². The number of carbonyl (C=O) groups is 1. The second-order valence-electron chi connectivity index (χ2n) is 9.30. The molecule has 184 valence electrons. The Morgan fingerprint density at radius 1 is 0.892 bits per heavy atom. The fourth-order valence-electron chi connectivity index (χ4n) is 4.91. The van der Waals surface area contributed by atoms with E-state index in [-0.39, 0.29) is 11.5 Å². The van der Waals surface area contributed by atoms with Crippen molar-refractivity contribution in [2.45, 2.75) is 39.2 Å². The van der Waals surface area contributed by atoms with Gasteiger partial charge in [-0.3, -0.25) is 14.2 Å². The first-order chi connectivity index (χ1) is 18.1. The molecule has 8 heteroatoms. The molecule has 1 aliphatic rings. The van der Waals surface area contributed by atoms with Crippen LogP contribution in [0.5, 0.6) is 0 Å². The number of aromatic nitrogens is 5. The lowest BCUT2D eigenvalue weighted by Crippen LogP contribution is -2.22. The summed E-state index contributed by atoms with van der Waals surface area (Å²) < 4.78 is 3.77. The van der Waals surface area contributed by atoms with Gasteiger partial charge in [-0.05, 0) is 80.4 Å². The number of rotatable bonds is 4. The van der Waals surface area contributed by atoms with Crippen LogP contribution in [0.3, 0.4) is 0 Å². The molecule has 5 aromatic rings. The molecule has 0 unspecified atom stereocenters. The molecule has 0 bridgehead atoms. The lowest BCUT2D eigenvalue weighted by molar-refractivity contribution is 0.102. The molecule has 0 aliphatic carbocycles. The van der Waals surface area contributed by atoms with Gasteiger partial charge in [-0.15, -0.1) is 10.2 Å². The van der Waals surface area contributed by atoms with Crippen LogP contribution in [0.25, 0.3) is 28.0 Å². The Kier molecular flexibility index (Phi) is 5.84. The van der Waals surface area contributed by atoms with Gasteiger partial charge in [0, 0.05) is 29.8 Å². The van der Waals surface area contributed by atoms with Crippen molar-refractivity contribution in [1.82, 2.24) is 24.3 Å². The molecule has 37 heavy (non-hydrogen) atoms. The summed E-state index contributed by atoms with van der Waals surface area (Å²) in [5.74, 6) is 2.28. The van der Waals surface area contributed by atoms with Crippen molar-refractivity contribution in [1.29, 1.82) is 0 Å². The summed E-state index contributed by atoms with van der Waals surface area (Å²) in [7, 11) is 0. The minimum absolute atomic E-state index is 0.134. The van der Waals surface area contributed by atoms with Gasteiger partial charge >= 0.3 is 0 Å². The third-order valence-electron chi connectivity index (χ3n) is 6.84. The highest BCUT2D eigenvalue weighted by Crippen LogP contribution is 2.24. The zero-order chi connectivity index (χ0) is 25.4. The molecule has 3 heterocycles. The van der Waals surface area contributed by atoms with Gasteiger partial charge in [-0.25, -0.2) is 4.98 Å². The molecular formula is C29H26N6O2. The van der Waals surface area contributed by atoms with Gasteiger partial charge in [0.05, 0.1) is 16.6 Å². The van der Waals surface area contributed by atoms with Crippen LogP contribution in [0.2, 0.25) is 0 Å². The zero-order valence-corrected chi connectivity index (χ0v) is 20.5. The fraction of sp³-hybridized carbons (Fsp3) is 0.207. The van der Waals surface area contributed by atoms with Crippen LogP contribution < -0.4 is 10.9 Å². The van der Waals surface area contributed by atoms with Crippen molar-refractivity contribution in [3.63, 3.8) is 0 Å². The van der Waals surface area contributed by atoms with Crippen LogP contribution in [0.4, 0.5) is 5.69 Å². The molecule has 6 rings (SSSR count). The number of carbonyl (C=O) groups excluding carboxylic acids is 1. The topological polar surface area (TPSA) is 94.7 Å². The Morgan fingerprint density at radius 2 is 1.68 bits per heavy atom. The van der Waals surface area contributed by atoms with E-state index in [0.29, 0.717) is 33.7 Å². The molecule has 8 nitrogen and oxygen atoms in total. The molecule has 1 amide bonds. The van der Waals surface area contributed by atoms with Crippen LogP contribution in [-0.2, 0) is 13.0 Å². The van der Waals surface area contributed by atoms with Gasteiger partial charge in [0.25, 0.3) is 11.5 Å². The summed E-state index contributed by atoms with van der Waals surface area (Å²) in [6.45, 7) is 2.74. The SMILES string of the molecule is Cc1nc2ccccc2c(=O)n1-c1ccc(C(=O)Nc2ccc(-c3nnc4n3CCCCC4)cc2)cc1. The van der Waals surface area contributed by atoms with Gasteiger partial charge in [0.15, 0.2) is 5.82 Å². The highest BCUT2D eigenvalue weighted by atomic mass is 16.1. The predicted octanol–water partition coefficient (Wildman–Crippen LogP) is 4.93. The molecular weight excluding hydrogens is 464 g/mol. The maximum Gasteiger partial charge on any atom is 0.265 e. The third kappa shape index (κ3) is 4.31. The number of hydrogen-bond donors (Lipinski definition) is 1. The monoisotopic (exact) mass is 490 g/mol. The molecule has 0 fully saturated rings. The van der Waals surface area contributed by atoms with Crippen LogP contribution >= 0.6 is 0 Å². The van der Waals surface area contributed by atoms with E-state index in [1.165, 1.54) is 6.42 Å². The summed E-state index contributed by atoms with van der Waals surface area (Å²) >= 11 is 0. The Morgan fingerprint density at radius 3 is 2.49 bits per heavy atom. The zero-order valence-electron chi connectivity index (χ0n) is 20.5. The second-order valence-corrected chi connectivity index (χ2v) is 9.30. The Balaban J connectivity index is 1.20. The van der Waals surface area contributed by atoms with Gasteiger partial charge in [-0.2, -0.15) is 0 Å². The standard InChI is InChI=1S/C29H26N6O2/c1-19-30-25-8-5-4-7-24(25)29(37)35(19)23-16-12-21(13-17-23)28(36)31-22-14-10-20(11-15-22)27-33-32-26-9-3-2-6-18-34(26)27/h4-5,7-8,10-17H,2-3,6,9,18H2,1H3,(H,31,36). The molecule has 0 spiro atoms. The summed E-state index contributed by atoms with van der Waals surface area (Å²) in [4.78, 5) is 30.5. The molecule has 1 aliphatic heterocycles. The maximum atomic E-state index is 13.1. The number of aryl methyl sites for hydroxylation is 2. The smallest absolute Gasteiger partial charge is 0.265 e. The number of amides is 1. The molecule has 1 N–H and O–H groups in total. The fourth-order valence-corrected chi connectivity index (χ4v) is 4.91. The van der Waals surface area contributed by atoms with Crippen molar-refractivity contribution in [2.24, 2.45) is 0 Å². The van der Waals surface area contributed by atoms with Crippen molar-refractivity contribution in [2.75, 3.05) is 5.32 Å². The van der Waals surface area contributed by atoms with Gasteiger partial charge in [-0.1, -0.05) is 18.6 Å². The summed E-state index contributed by atoms with van der Waals surface area (Å²) in [5.41, 5.74) is 3.36. The average Bonchev–Trinajstić information content (AvgIpc) is 3.17. The van der Waals surface area contributed by atoms with Gasteiger partial charge < -0.3 is 9.88 Å². The molecule has 0 saturated heterocycles. The number of hydrogen-bond acceptors (Lipinski definition) is 5. The molecule has 0 atom stereocenters. The molecule has 0 saturated carbocycles. The summed E-state index contributed by atoms with van der Waals surface area (Å²) in [6.07, 6.45) is 4.46. The summed E-state index contributed by atoms with van der Waals surface area (Å²) in [6, 6.07) is 21.9. The first kappa shape index (κ1) is 22.8. The average molecular weight is 491 g/mol. The Hall–Kier alpha value is -4.59. The van der Waals surface area contributed by atoms with Crippen LogP contribution in [0.1, 0.15) is 41.3 Å². The predicted molar refractivity (Wildman–Crippen MR) is 143 cm³/mol. The van der Waals surface area contributed by atoms with Crippen molar-refractivity contribution < 1.29 is 4.79 Å². The minimum Gasteiger partial charge on any atom is -0.322 e. The van der Waals surface area contributed by atoms with Crippen LogP contribution in [0, 0.1) is 6.92 Å². The number of para-hydroxylation sites is 1. The molecule has 0 radical (unpaired) electrons. The quantitative estimate of drug-likeness (QED) is 0.385. The van der Waals surface area contributed by atoms with E-state index in [2.05, 4.69) is 25.1 Å². The highest BCUT2D eigenvalue weighted by Gasteiger charge is 2.16. The Labute approximate surface area is 213 Å². The van der Waals surface area contributed by atoms with E-state index >= 15 is 0 Å². The Bertz CT molecular complexity index is 1670. The first-order valence-electron chi connectivity index (χ1n) is 12.5. The number of fused-ring (bicyclic) bond motifs is 2. The van der Waals surface area contributed by atoms with E-state index < -0.39 is 0 Å². The summed E-state index contributed by atoms with van der Waals surface area (Å²) in [5, 5.41) is 12.3. The van der Waals surface area contributed by atoms with E-state index in [1.807, 2.05) is 42.5 Å². The van der Waals surface area contributed by atoms with Gasteiger partial charge in [0.1, 0.15) is 11.6 Å². The largest absolute Gasteiger partial charge is 0.322 e. The van der Waals surface area contributed by atoms with Crippen molar-refractivity contribution >= 4 is 22.5 Å². The second kappa shape index (κ2) is 9.46. The van der Waals surface area contributed by atoms with E-state index in [1.54, 1.807) is 41.8 Å². The van der Waals surface area contributed by atoms with Crippen LogP contribution in [0.15, 0.2) is 77.6 Å². The normalized spacial score (nSPS) is 13.2. The first-order valence-corrected chi connectivity index (χ1v) is 12.5. The number of anilines is 1. The van der Waals surface area contributed by atoms with Crippen molar-refractivity contribution in [3.05, 3.63) is 100 Å². The lowest BCUT2D eigenvalue weighted by atomic mass is 10.1. The number of benzene rings is 3. The van der Waals surface area contributed by atoms with Crippen LogP contribution in [-0.4, -0.2) is 30.2 Å². The van der Waals surface area contributed by atoms with E-state index in [0.717, 1.165) is 43.0 Å². The number of nitrogens with one attached hydrogen (secondary N) is 1. The molecule has 2 aromatic heterocycles. The lowest BCUT2D eigenvalue weighted by Gasteiger charge is -2.12. The van der Waals surface area contributed by atoms with E-state index in [9.17, 15) is 9.59 Å². The third-order valence-corrected chi connectivity index (χ3v) is 6.84. The number of nitrogens with zero attached hydrogens (tertiary/aromatic N) is 5. The molecule has 3 aromatic carbocycles. The highest BCUT2D eigenvalue weighted by molar-refractivity contribution is 6.04.